The first kappa shape index (κ1) is 15.3. The average molecular weight is 327 g/mol. The van der Waals surface area contributed by atoms with E-state index in [1.165, 1.54) is 0 Å². The summed E-state index contributed by atoms with van der Waals surface area (Å²) < 4.78 is 3.50. The van der Waals surface area contributed by atoms with Crippen LogP contribution in [-0.4, -0.2) is 48.4 Å². The van der Waals surface area contributed by atoms with E-state index < -0.39 is 0 Å². The van der Waals surface area contributed by atoms with Crippen molar-refractivity contribution in [1.29, 1.82) is 0 Å². The van der Waals surface area contributed by atoms with Crippen LogP contribution in [0.3, 0.4) is 0 Å². The Hall–Kier alpha value is -2.25. The predicted octanol–water partition coefficient (Wildman–Crippen LogP) is 0.928. The van der Waals surface area contributed by atoms with Gasteiger partial charge in [-0.1, -0.05) is 18.6 Å². The number of nitrogens with zero attached hydrogens (tertiary/aromatic N) is 5. The molecule has 1 fully saturated rings. The van der Waals surface area contributed by atoms with E-state index in [0.717, 1.165) is 37.1 Å². The first-order valence-corrected chi connectivity index (χ1v) is 8.37. The van der Waals surface area contributed by atoms with E-state index in [4.69, 9.17) is 0 Å². The zero-order chi connectivity index (χ0) is 16.7. The van der Waals surface area contributed by atoms with E-state index in [9.17, 15) is 9.90 Å². The Balaban J connectivity index is 1.86. The smallest absolute Gasteiger partial charge is 0.262 e. The number of benzene rings is 1. The third-order valence-electron chi connectivity index (χ3n) is 5.00. The normalized spacial score (nSPS) is 19.3. The first-order valence-electron chi connectivity index (χ1n) is 8.37. The van der Waals surface area contributed by atoms with E-state index in [1.807, 2.05) is 28.7 Å². The van der Waals surface area contributed by atoms with Gasteiger partial charge < -0.3 is 5.11 Å². The molecule has 7 heteroatoms. The molecule has 1 N–H and O–H groups in total. The van der Waals surface area contributed by atoms with E-state index in [0.29, 0.717) is 17.7 Å². The highest BCUT2D eigenvalue weighted by Crippen LogP contribution is 2.20. The molecule has 3 aromatic rings. The summed E-state index contributed by atoms with van der Waals surface area (Å²) in [6.07, 6.45) is 3.29. The highest BCUT2D eigenvalue weighted by atomic mass is 16.3. The van der Waals surface area contributed by atoms with Gasteiger partial charge in [0.25, 0.3) is 5.56 Å². The van der Waals surface area contributed by atoms with Gasteiger partial charge in [0, 0.05) is 13.1 Å². The maximum absolute atomic E-state index is 12.5. The fourth-order valence-corrected chi connectivity index (χ4v) is 3.65. The Kier molecular flexibility index (Phi) is 3.82. The van der Waals surface area contributed by atoms with Crippen LogP contribution < -0.4 is 5.56 Å². The predicted molar refractivity (Wildman–Crippen MR) is 90.9 cm³/mol. The number of rotatable bonds is 3. The van der Waals surface area contributed by atoms with Crippen LogP contribution in [0.1, 0.15) is 25.1 Å². The molecule has 0 bridgehead atoms. The monoisotopic (exact) mass is 327 g/mol. The zero-order valence-electron chi connectivity index (χ0n) is 13.7. The molecule has 0 amide bonds. The minimum absolute atomic E-state index is 0.0664. The lowest BCUT2D eigenvalue weighted by Crippen LogP contribution is -2.41. The van der Waals surface area contributed by atoms with Crippen molar-refractivity contribution in [3.63, 3.8) is 0 Å². The molecule has 2 aromatic heterocycles. The summed E-state index contributed by atoms with van der Waals surface area (Å²) >= 11 is 0. The minimum atomic E-state index is -0.0664. The van der Waals surface area contributed by atoms with Crippen molar-refractivity contribution < 1.29 is 5.11 Å². The summed E-state index contributed by atoms with van der Waals surface area (Å²) in [5, 5.41) is 18.9. The number of likely N-dealkylation sites (tertiary alicyclic amines) is 1. The van der Waals surface area contributed by atoms with E-state index in [-0.39, 0.29) is 18.2 Å². The topological polar surface area (TPSA) is 75.7 Å². The lowest BCUT2D eigenvalue weighted by atomic mass is 10.0. The highest BCUT2D eigenvalue weighted by Gasteiger charge is 2.24. The molecule has 126 valence electrons. The van der Waals surface area contributed by atoms with Crippen LogP contribution in [0, 0.1) is 0 Å². The molecule has 7 nitrogen and oxygen atoms in total. The quantitative estimate of drug-likeness (QED) is 0.774. The van der Waals surface area contributed by atoms with Crippen LogP contribution >= 0.6 is 0 Å². The second-order valence-corrected chi connectivity index (χ2v) is 6.44. The average Bonchev–Trinajstić information content (AvgIpc) is 3.04. The summed E-state index contributed by atoms with van der Waals surface area (Å²) in [6.45, 7) is 1.73. The number of piperidine rings is 1. The van der Waals surface area contributed by atoms with Gasteiger partial charge in [0.2, 0.25) is 5.78 Å². The molecule has 1 unspecified atom stereocenters. The molecular weight excluding hydrogens is 306 g/mol. The summed E-state index contributed by atoms with van der Waals surface area (Å²) in [5.41, 5.74) is 0.761. The molecular formula is C17H21N5O2. The van der Waals surface area contributed by atoms with Crippen LogP contribution in [0.2, 0.25) is 0 Å². The number of aromatic nitrogens is 4. The van der Waals surface area contributed by atoms with Crippen LogP contribution in [0.25, 0.3) is 16.7 Å². The lowest BCUT2D eigenvalue weighted by Gasteiger charge is -2.33. The molecule has 0 spiro atoms. The summed E-state index contributed by atoms with van der Waals surface area (Å²) in [6, 6.07) is 7.72. The lowest BCUT2D eigenvalue weighted by molar-refractivity contribution is 0.0817. The molecule has 24 heavy (non-hydrogen) atoms. The van der Waals surface area contributed by atoms with Gasteiger partial charge in [-0.25, -0.2) is 0 Å². The standard InChI is InChI=1S/C17H21N5O2/c1-20-16(24)13-7-2-3-8-14(13)22-15(18-19-17(20)22)10-21-9-5-4-6-12(21)11-23/h2-3,7-8,12,23H,4-6,9-11H2,1H3. The third kappa shape index (κ3) is 2.32. The fraction of sp³-hybridized carbons (Fsp3) is 0.471. The third-order valence-corrected chi connectivity index (χ3v) is 5.00. The SMILES string of the molecule is Cn1c(=O)c2ccccc2n2c(CN3CCCCC3CO)nnc12. The van der Waals surface area contributed by atoms with E-state index in [1.54, 1.807) is 11.6 Å². The zero-order valence-corrected chi connectivity index (χ0v) is 13.7. The molecule has 0 radical (unpaired) electrons. The van der Waals surface area contributed by atoms with Crippen molar-refractivity contribution in [3.8, 4) is 0 Å². The van der Waals surface area contributed by atoms with E-state index in [2.05, 4.69) is 15.1 Å². The number of hydrogen-bond donors (Lipinski definition) is 1. The van der Waals surface area contributed by atoms with Crippen LogP contribution in [0.4, 0.5) is 0 Å². The van der Waals surface area contributed by atoms with Gasteiger partial charge in [-0.3, -0.25) is 18.7 Å². The van der Waals surface area contributed by atoms with Gasteiger partial charge in [-0.05, 0) is 31.5 Å². The van der Waals surface area contributed by atoms with Gasteiger partial charge in [0.1, 0.15) is 0 Å². The number of aryl methyl sites for hydroxylation is 1. The Bertz CT molecular complexity index is 945. The number of aliphatic hydroxyl groups excluding tert-OH is 1. The summed E-state index contributed by atoms with van der Waals surface area (Å²) in [7, 11) is 1.72. The maximum Gasteiger partial charge on any atom is 0.262 e. The van der Waals surface area contributed by atoms with Crippen LogP contribution in [0.5, 0.6) is 0 Å². The molecule has 1 aliphatic heterocycles. The largest absolute Gasteiger partial charge is 0.395 e. The number of fused-ring (bicyclic) bond motifs is 3. The fourth-order valence-electron chi connectivity index (χ4n) is 3.65. The van der Waals surface area contributed by atoms with Gasteiger partial charge in [0.05, 0.1) is 24.1 Å². The second kappa shape index (κ2) is 5.99. The Morgan fingerprint density at radius 1 is 1.25 bits per heavy atom. The Morgan fingerprint density at radius 2 is 2.08 bits per heavy atom. The van der Waals surface area contributed by atoms with Crippen molar-refractivity contribution in [2.24, 2.45) is 7.05 Å². The van der Waals surface area contributed by atoms with Crippen molar-refractivity contribution in [2.75, 3.05) is 13.2 Å². The molecule has 0 aliphatic carbocycles. The number of para-hydroxylation sites is 1. The second-order valence-electron chi connectivity index (χ2n) is 6.44. The molecule has 3 heterocycles. The molecule has 0 saturated carbocycles. The van der Waals surface area contributed by atoms with Gasteiger partial charge in [-0.2, -0.15) is 0 Å². The Morgan fingerprint density at radius 3 is 2.92 bits per heavy atom. The first-order chi connectivity index (χ1) is 11.7. The van der Waals surface area contributed by atoms with Gasteiger partial charge in [-0.15, -0.1) is 10.2 Å². The van der Waals surface area contributed by atoms with E-state index >= 15 is 0 Å². The molecule has 1 atom stereocenters. The number of hydrogen-bond acceptors (Lipinski definition) is 5. The highest BCUT2D eigenvalue weighted by molar-refractivity contribution is 5.80. The van der Waals surface area contributed by atoms with Crippen LogP contribution in [0.15, 0.2) is 29.1 Å². The summed E-state index contributed by atoms with van der Waals surface area (Å²) in [4.78, 5) is 14.7. The van der Waals surface area contributed by atoms with Crippen molar-refractivity contribution >= 4 is 16.7 Å². The molecule has 1 aromatic carbocycles. The Labute approximate surface area is 139 Å². The molecule has 1 saturated heterocycles. The number of aliphatic hydroxyl groups is 1. The molecule has 4 rings (SSSR count). The summed E-state index contributed by atoms with van der Waals surface area (Å²) in [5.74, 6) is 1.35. The van der Waals surface area contributed by atoms with Gasteiger partial charge >= 0.3 is 0 Å². The van der Waals surface area contributed by atoms with Crippen molar-refractivity contribution in [3.05, 3.63) is 40.4 Å². The van der Waals surface area contributed by atoms with Crippen molar-refractivity contribution in [2.45, 2.75) is 31.8 Å². The minimum Gasteiger partial charge on any atom is -0.395 e. The van der Waals surface area contributed by atoms with Crippen molar-refractivity contribution in [1.82, 2.24) is 24.1 Å². The van der Waals surface area contributed by atoms with Crippen LogP contribution in [-0.2, 0) is 13.6 Å². The maximum atomic E-state index is 12.5. The van der Waals surface area contributed by atoms with Gasteiger partial charge in [0.15, 0.2) is 5.82 Å². The molecule has 1 aliphatic rings.